The van der Waals surface area contributed by atoms with Crippen LogP contribution in [0.3, 0.4) is 0 Å². The number of rotatable bonds is 5. The molecule has 0 amide bonds. The van der Waals surface area contributed by atoms with Crippen LogP contribution < -0.4 is 14.8 Å². The average molecular weight is 372 g/mol. The molecule has 0 aliphatic heterocycles. The summed E-state index contributed by atoms with van der Waals surface area (Å²) in [4.78, 5) is 4.12. The average Bonchev–Trinajstić information content (AvgIpc) is 2.47. The minimum atomic E-state index is -3.67. The highest BCUT2D eigenvalue weighted by Gasteiger charge is 2.15. The van der Waals surface area contributed by atoms with Gasteiger partial charge in [0.1, 0.15) is 11.6 Å². The number of nitrogens with one attached hydrogen (secondary N) is 2. The van der Waals surface area contributed by atoms with Gasteiger partial charge in [-0.2, -0.15) is 0 Å². The number of pyridine rings is 1. The Morgan fingerprint density at radius 1 is 1.24 bits per heavy atom. The lowest BCUT2D eigenvalue weighted by molar-refractivity contribution is 0.412. The Hall–Kier alpha value is -1.80. The second kappa shape index (κ2) is 6.31. The third-order valence-electron chi connectivity index (χ3n) is 2.70. The number of ether oxygens (including phenoxy) is 1. The maximum Gasteiger partial charge on any atom is 0.262 e. The first-order valence-electron chi connectivity index (χ1n) is 5.96. The van der Waals surface area contributed by atoms with E-state index in [1.807, 2.05) is 0 Å². The molecule has 8 heteroatoms. The summed E-state index contributed by atoms with van der Waals surface area (Å²) < 4.78 is 32.9. The van der Waals surface area contributed by atoms with Crippen molar-refractivity contribution in [2.24, 2.45) is 0 Å². The Morgan fingerprint density at radius 3 is 2.62 bits per heavy atom. The van der Waals surface area contributed by atoms with Crippen LogP contribution in [0.15, 0.2) is 45.9 Å². The number of nitrogens with zero attached hydrogens (tertiary/aromatic N) is 1. The molecule has 0 bridgehead atoms. The predicted octanol–water partition coefficient (Wildman–Crippen LogP) is 2.70. The van der Waals surface area contributed by atoms with Crippen LogP contribution in [-0.4, -0.2) is 27.6 Å². The van der Waals surface area contributed by atoms with Crippen LogP contribution in [0.4, 0.5) is 11.5 Å². The molecule has 2 N–H and O–H groups in total. The number of anilines is 2. The molecule has 0 saturated heterocycles. The number of sulfonamides is 1. The number of halogens is 1. The van der Waals surface area contributed by atoms with Gasteiger partial charge < -0.3 is 10.1 Å². The summed E-state index contributed by atoms with van der Waals surface area (Å²) in [6.07, 6.45) is 1.43. The summed E-state index contributed by atoms with van der Waals surface area (Å²) in [5.74, 6) is 1.10. The largest absolute Gasteiger partial charge is 0.496 e. The molecule has 0 saturated carbocycles. The zero-order valence-electron chi connectivity index (χ0n) is 11.4. The van der Waals surface area contributed by atoms with Gasteiger partial charge in [0.05, 0.1) is 22.2 Å². The molecule has 0 unspecified atom stereocenters. The second-order valence-electron chi connectivity index (χ2n) is 4.08. The SMILES string of the molecule is CNc1cc(S(=O)(=O)Nc2ccc(OC)c(Br)c2)ccn1. The van der Waals surface area contributed by atoms with E-state index in [0.717, 1.165) is 0 Å². The first kappa shape index (κ1) is 15.6. The normalized spacial score (nSPS) is 11.0. The number of aromatic nitrogens is 1. The molecule has 0 radical (unpaired) electrons. The van der Waals surface area contributed by atoms with Crippen LogP contribution in [0.1, 0.15) is 0 Å². The van der Waals surface area contributed by atoms with Crippen molar-refractivity contribution in [2.75, 3.05) is 24.2 Å². The van der Waals surface area contributed by atoms with Crippen LogP contribution >= 0.6 is 15.9 Å². The van der Waals surface area contributed by atoms with Gasteiger partial charge in [0.25, 0.3) is 10.0 Å². The standard InChI is InChI=1S/C13H14BrN3O3S/c1-15-13-8-10(5-6-16-13)21(18,19)17-9-3-4-12(20-2)11(14)7-9/h3-8,17H,1-2H3,(H,15,16). The summed E-state index contributed by atoms with van der Waals surface area (Å²) >= 11 is 3.31. The number of hydrogen-bond donors (Lipinski definition) is 2. The lowest BCUT2D eigenvalue weighted by atomic mass is 10.3. The molecule has 0 atom stereocenters. The lowest BCUT2D eigenvalue weighted by Gasteiger charge is -2.10. The molecule has 1 aromatic heterocycles. The fraction of sp³-hybridized carbons (Fsp3) is 0.154. The zero-order valence-corrected chi connectivity index (χ0v) is 13.8. The van der Waals surface area contributed by atoms with Gasteiger partial charge in [-0.15, -0.1) is 0 Å². The quantitative estimate of drug-likeness (QED) is 0.844. The van der Waals surface area contributed by atoms with E-state index >= 15 is 0 Å². The maximum atomic E-state index is 12.3. The van der Waals surface area contributed by atoms with E-state index in [1.165, 1.54) is 18.3 Å². The Balaban J connectivity index is 2.30. The summed E-state index contributed by atoms with van der Waals surface area (Å²) in [6.45, 7) is 0. The highest BCUT2D eigenvalue weighted by molar-refractivity contribution is 9.10. The van der Waals surface area contributed by atoms with Gasteiger partial charge in [-0.25, -0.2) is 13.4 Å². The monoisotopic (exact) mass is 371 g/mol. The van der Waals surface area contributed by atoms with Crippen molar-refractivity contribution in [3.05, 3.63) is 41.0 Å². The van der Waals surface area contributed by atoms with Crippen molar-refractivity contribution >= 4 is 37.5 Å². The van der Waals surface area contributed by atoms with E-state index in [2.05, 4.69) is 31.0 Å². The first-order chi connectivity index (χ1) is 9.96. The summed E-state index contributed by atoms with van der Waals surface area (Å²) in [6, 6.07) is 7.83. The Kier molecular flexibility index (Phi) is 4.69. The van der Waals surface area contributed by atoms with Crippen LogP contribution in [0.25, 0.3) is 0 Å². The minimum absolute atomic E-state index is 0.133. The van der Waals surface area contributed by atoms with E-state index in [4.69, 9.17) is 4.74 Å². The van der Waals surface area contributed by atoms with Crippen molar-refractivity contribution in [3.63, 3.8) is 0 Å². The molecule has 2 rings (SSSR count). The van der Waals surface area contributed by atoms with Crippen LogP contribution in [0.5, 0.6) is 5.75 Å². The maximum absolute atomic E-state index is 12.3. The van der Waals surface area contributed by atoms with E-state index in [-0.39, 0.29) is 4.90 Å². The first-order valence-corrected chi connectivity index (χ1v) is 8.24. The van der Waals surface area contributed by atoms with Gasteiger partial charge >= 0.3 is 0 Å². The molecule has 1 aromatic carbocycles. The molecule has 0 fully saturated rings. The third-order valence-corrected chi connectivity index (χ3v) is 4.70. The highest BCUT2D eigenvalue weighted by Crippen LogP contribution is 2.28. The van der Waals surface area contributed by atoms with Crippen molar-refractivity contribution in [1.82, 2.24) is 4.98 Å². The van der Waals surface area contributed by atoms with E-state index in [1.54, 1.807) is 32.4 Å². The van der Waals surface area contributed by atoms with Gasteiger partial charge in [0.2, 0.25) is 0 Å². The number of benzene rings is 1. The van der Waals surface area contributed by atoms with Gasteiger partial charge in [0, 0.05) is 19.3 Å². The molecular formula is C13H14BrN3O3S. The summed E-state index contributed by atoms with van der Waals surface area (Å²) in [5, 5.41) is 2.80. The van der Waals surface area contributed by atoms with Gasteiger partial charge in [-0.05, 0) is 40.2 Å². The smallest absolute Gasteiger partial charge is 0.262 e. The van der Waals surface area contributed by atoms with Crippen molar-refractivity contribution in [2.45, 2.75) is 4.90 Å². The van der Waals surface area contributed by atoms with Crippen LogP contribution in [0.2, 0.25) is 0 Å². The molecule has 2 aromatic rings. The molecular weight excluding hydrogens is 358 g/mol. The molecule has 0 spiro atoms. The predicted molar refractivity (Wildman–Crippen MR) is 85.3 cm³/mol. The van der Waals surface area contributed by atoms with Crippen molar-refractivity contribution in [3.8, 4) is 5.75 Å². The van der Waals surface area contributed by atoms with Crippen LogP contribution in [-0.2, 0) is 10.0 Å². The lowest BCUT2D eigenvalue weighted by Crippen LogP contribution is -2.13. The molecule has 0 aliphatic rings. The van der Waals surface area contributed by atoms with E-state index in [9.17, 15) is 8.42 Å². The van der Waals surface area contributed by atoms with Gasteiger partial charge in [0.15, 0.2) is 0 Å². The Morgan fingerprint density at radius 2 is 2.00 bits per heavy atom. The topological polar surface area (TPSA) is 80.3 Å². The molecule has 6 nitrogen and oxygen atoms in total. The minimum Gasteiger partial charge on any atom is -0.496 e. The Labute approximate surface area is 131 Å². The van der Waals surface area contributed by atoms with Crippen molar-refractivity contribution < 1.29 is 13.2 Å². The number of methoxy groups -OCH3 is 1. The van der Waals surface area contributed by atoms with E-state index in [0.29, 0.717) is 21.7 Å². The van der Waals surface area contributed by atoms with Gasteiger partial charge in [-0.1, -0.05) is 0 Å². The number of hydrogen-bond acceptors (Lipinski definition) is 5. The van der Waals surface area contributed by atoms with Crippen LogP contribution in [0, 0.1) is 0 Å². The molecule has 1 heterocycles. The Bertz CT molecular complexity index is 750. The molecule has 21 heavy (non-hydrogen) atoms. The third kappa shape index (κ3) is 3.64. The summed E-state index contributed by atoms with van der Waals surface area (Å²) in [5.41, 5.74) is 0.436. The van der Waals surface area contributed by atoms with E-state index < -0.39 is 10.0 Å². The molecule has 0 aliphatic carbocycles. The molecule has 112 valence electrons. The zero-order chi connectivity index (χ0) is 15.5. The van der Waals surface area contributed by atoms with Gasteiger partial charge in [-0.3, -0.25) is 4.72 Å². The summed E-state index contributed by atoms with van der Waals surface area (Å²) in [7, 11) is -0.459. The highest BCUT2D eigenvalue weighted by atomic mass is 79.9. The van der Waals surface area contributed by atoms with Crippen molar-refractivity contribution in [1.29, 1.82) is 0 Å². The second-order valence-corrected chi connectivity index (χ2v) is 6.62. The fourth-order valence-electron chi connectivity index (χ4n) is 1.66. The fourth-order valence-corrected chi connectivity index (χ4v) is 3.26.